The van der Waals surface area contributed by atoms with E-state index in [-0.39, 0.29) is 5.82 Å². The van der Waals surface area contributed by atoms with Crippen molar-refractivity contribution in [2.45, 2.75) is 19.4 Å². The Bertz CT molecular complexity index is 421. The van der Waals surface area contributed by atoms with Gasteiger partial charge in [-0.3, -0.25) is 0 Å². The van der Waals surface area contributed by atoms with E-state index in [1.807, 2.05) is 0 Å². The number of hydrogen-bond donors (Lipinski definition) is 1. The fourth-order valence-electron chi connectivity index (χ4n) is 2.51. The summed E-state index contributed by atoms with van der Waals surface area (Å²) in [5, 5.41) is 9.57. The standard InChI is InChI=1S/C11H13BFNO2/c13-8-5-10-9(7-16-12(10)15)11(6-8)14-3-1-2-4-14/h5-6,15H,1-4,7H2. The van der Waals surface area contributed by atoms with Crippen LogP contribution in [0.25, 0.3) is 0 Å². The maximum atomic E-state index is 13.5. The fraction of sp³-hybridized carbons (Fsp3) is 0.455. The fourth-order valence-corrected chi connectivity index (χ4v) is 2.51. The summed E-state index contributed by atoms with van der Waals surface area (Å²) in [6.07, 6.45) is 2.30. The molecule has 0 aliphatic carbocycles. The first-order valence-corrected chi connectivity index (χ1v) is 5.62. The Kier molecular flexibility index (Phi) is 2.37. The lowest BCUT2D eigenvalue weighted by Gasteiger charge is -2.20. The molecule has 0 aromatic heterocycles. The molecule has 1 N–H and O–H groups in total. The maximum absolute atomic E-state index is 13.5. The van der Waals surface area contributed by atoms with Crippen LogP contribution in [-0.4, -0.2) is 25.2 Å². The van der Waals surface area contributed by atoms with E-state index in [0.717, 1.165) is 37.2 Å². The molecule has 1 saturated heterocycles. The third kappa shape index (κ3) is 1.51. The zero-order valence-corrected chi connectivity index (χ0v) is 8.95. The predicted octanol–water partition coefficient (Wildman–Crippen LogP) is 0.644. The van der Waals surface area contributed by atoms with Crippen LogP contribution in [0.15, 0.2) is 12.1 Å². The molecule has 84 valence electrons. The van der Waals surface area contributed by atoms with Gasteiger partial charge in [0, 0.05) is 18.8 Å². The predicted molar refractivity (Wildman–Crippen MR) is 60.2 cm³/mol. The Balaban J connectivity index is 2.07. The van der Waals surface area contributed by atoms with Crippen molar-refractivity contribution in [3.63, 3.8) is 0 Å². The summed E-state index contributed by atoms with van der Waals surface area (Å²) < 4.78 is 18.6. The van der Waals surface area contributed by atoms with E-state index in [9.17, 15) is 9.41 Å². The summed E-state index contributed by atoms with van der Waals surface area (Å²) in [5.41, 5.74) is 2.42. The number of rotatable bonds is 1. The third-order valence-electron chi connectivity index (χ3n) is 3.32. The van der Waals surface area contributed by atoms with Crippen LogP contribution in [0.2, 0.25) is 0 Å². The molecule has 0 atom stereocenters. The maximum Gasteiger partial charge on any atom is 0.491 e. The second kappa shape index (κ2) is 3.75. The minimum atomic E-state index is -0.966. The average molecular weight is 221 g/mol. The molecule has 1 fully saturated rings. The van der Waals surface area contributed by atoms with E-state index in [1.165, 1.54) is 6.07 Å². The molecule has 3 rings (SSSR count). The van der Waals surface area contributed by atoms with Gasteiger partial charge in [-0.2, -0.15) is 0 Å². The SMILES string of the molecule is OB1OCc2c1cc(F)cc2N1CCCC1. The molecule has 16 heavy (non-hydrogen) atoms. The Hall–Kier alpha value is -1.07. The summed E-state index contributed by atoms with van der Waals surface area (Å²) in [5.74, 6) is -0.301. The lowest BCUT2D eigenvalue weighted by molar-refractivity contribution is 0.275. The molecule has 0 spiro atoms. The van der Waals surface area contributed by atoms with Crippen LogP contribution in [0.4, 0.5) is 10.1 Å². The quantitative estimate of drug-likeness (QED) is 0.706. The Morgan fingerprint density at radius 2 is 2.06 bits per heavy atom. The highest BCUT2D eigenvalue weighted by molar-refractivity contribution is 6.61. The molecule has 0 bridgehead atoms. The van der Waals surface area contributed by atoms with Gasteiger partial charge < -0.3 is 14.6 Å². The third-order valence-corrected chi connectivity index (χ3v) is 3.32. The second-order valence-corrected chi connectivity index (χ2v) is 4.35. The van der Waals surface area contributed by atoms with Crippen LogP contribution >= 0.6 is 0 Å². The summed E-state index contributed by atoms with van der Waals surface area (Å²) in [7, 11) is -0.966. The van der Waals surface area contributed by atoms with Crippen LogP contribution in [0, 0.1) is 5.82 Å². The molecule has 0 saturated carbocycles. The van der Waals surface area contributed by atoms with E-state index in [4.69, 9.17) is 4.65 Å². The Morgan fingerprint density at radius 3 is 2.81 bits per heavy atom. The average Bonchev–Trinajstić information content (AvgIpc) is 2.88. The molecule has 2 aliphatic rings. The second-order valence-electron chi connectivity index (χ2n) is 4.35. The van der Waals surface area contributed by atoms with Crippen molar-refractivity contribution in [2.75, 3.05) is 18.0 Å². The molecule has 1 aromatic rings. The number of fused-ring (bicyclic) bond motifs is 1. The number of anilines is 1. The first kappa shape index (κ1) is 10.1. The van der Waals surface area contributed by atoms with Crippen molar-refractivity contribution in [2.24, 2.45) is 0 Å². The highest BCUT2D eigenvalue weighted by Gasteiger charge is 2.31. The number of nitrogens with zero attached hydrogens (tertiary/aromatic N) is 1. The number of hydrogen-bond acceptors (Lipinski definition) is 3. The summed E-state index contributed by atoms with van der Waals surface area (Å²) >= 11 is 0. The van der Waals surface area contributed by atoms with Crippen molar-refractivity contribution in [1.29, 1.82) is 0 Å². The minimum absolute atomic E-state index is 0.301. The van der Waals surface area contributed by atoms with Gasteiger partial charge in [0.15, 0.2) is 0 Å². The van der Waals surface area contributed by atoms with Crippen molar-refractivity contribution < 1.29 is 14.1 Å². The normalized spacial score (nSPS) is 19.4. The van der Waals surface area contributed by atoms with Crippen LogP contribution in [0.5, 0.6) is 0 Å². The zero-order chi connectivity index (χ0) is 11.1. The first-order valence-electron chi connectivity index (χ1n) is 5.62. The topological polar surface area (TPSA) is 32.7 Å². The molecule has 0 amide bonds. The van der Waals surface area contributed by atoms with Gasteiger partial charge in [-0.05, 0) is 36.0 Å². The molecule has 0 radical (unpaired) electrons. The van der Waals surface area contributed by atoms with E-state index >= 15 is 0 Å². The summed E-state index contributed by atoms with van der Waals surface area (Å²) in [4.78, 5) is 2.17. The van der Waals surface area contributed by atoms with Gasteiger partial charge in [-0.1, -0.05) is 0 Å². The lowest BCUT2D eigenvalue weighted by Crippen LogP contribution is -2.30. The lowest BCUT2D eigenvalue weighted by atomic mass is 9.79. The summed E-state index contributed by atoms with van der Waals surface area (Å²) in [6, 6.07) is 2.91. The van der Waals surface area contributed by atoms with E-state index in [1.54, 1.807) is 6.07 Å². The van der Waals surface area contributed by atoms with Crippen molar-refractivity contribution in [3.8, 4) is 0 Å². The number of halogens is 1. The van der Waals surface area contributed by atoms with Crippen molar-refractivity contribution in [3.05, 3.63) is 23.5 Å². The van der Waals surface area contributed by atoms with E-state index in [2.05, 4.69) is 4.90 Å². The van der Waals surface area contributed by atoms with Gasteiger partial charge in [-0.25, -0.2) is 4.39 Å². The minimum Gasteiger partial charge on any atom is -0.423 e. The monoisotopic (exact) mass is 221 g/mol. The highest BCUT2D eigenvalue weighted by atomic mass is 19.1. The molecule has 2 heterocycles. The molecule has 5 heteroatoms. The van der Waals surface area contributed by atoms with Gasteiger partial charge in [0.2, 0.25) is 0 Å². The Morgan fingerprint density at radius 1 is 1.31 bits per heavy atom. The van der Waals surface area contributed by atoms with Gasteiger partial charge in [0.1, 0.15) is 5.82 Å². The van der Waals surface area contributed by atoms with Crippen molar-refractivity contribution in [1.82, 2.24) is 0 Å². The number of benzene rings is 1. The van der Waals surface area contributed by atoms with Gasteiger partial charge in [0.05, 0.1) is 6.61 Å². The van der Waals surface area contributed by atoms with E-state index < -0.39 is 7.12 Å². The van der Waals surface area contributed by atoms with E-state index in [0.29, 0.717) is 12.1 Å². The smallest absolute Gasteiger partial charge is 0.423 e. The van der Waals surface area contributed by atoms with Gasteiger partial charge >= 0.3 is 7.12 Å². The molecular formula is C11H13BFNO2. The van der Waals surface area contributed by atoms with Crippen LogP contribution in [0.1, 0.15) is 18.4 Å². The van der Waals surface area contributed by atoms with Crippen LogP contribution in [0.3, 0.4) is 0 Å². The summed E-state index contributed by atoms with van der Waals surface area (Å²) in [6.45, 7) is 2.31. The van der Waals surface area contributed by atoms with Crippen LogP contribution in [-0.2, 0) is 11.3 Å². The molecule has 0 unspecified atom stereocenters. The van der Waals surface area contributed by atoms with Crippen molar-refractivity contribution >= 4 is 18.3 Å². The molecule has 2 aliphatic heterocycles. The first-order chi connectivity index (χ1) is 7.75. The highest BCUT2D eigenvalue weighted by Crippen LogP contribution is 2.27. The van der Waals surface area contributed by atoms with Gasteiger partial charge in [-0.15, -0.1) is 0 Å². The zero-order valence-electron chi connectivity index (χ0n) is 8.95. The molecular weight excluding hydrogens is 208 g/mol. The molecule has 1 aromatic carbocycles. The largest absolute Gasteiger partial charge is 0.491 e. The molecule has 3 nitrogen and oxygen atoms in total. The van der Waals surface area contributed by atoms with Gasteiger partial charge in [0.25, 0.3) is 0 Å². The van der Waals surface area contributed by atoms with Crippen LogP contribution < -0.4 is 10.4 Å². The Labute approximate surface area is 94.0 Å².